The normalized spacial score (nSPS) is 8.73. The molecule has 0 heterocycles. The second kappa shape index (κ2) is 13.8. The van der Waals surface area contributed by atoms with Crippen LogP contribution in [0.2, 0.25) is 0 Å². The zero-order valence-electron chi connectivity index (χ0n) is 7.91. The fourth-order valence-electron chi connectivity index (χ4n) is 0.906. The number of unbranched alkanes of at least 4 members (excludes halogenated alkanes) is 3. The van der Waals surface area contributed by atoms with Crippen LogP contribution in [0.5, 0.6) is 0 Å². The maximum atomic E-state index is 3.80. The van der Waals surface area contributed by atoms with Crippen LogP contribution in [0.1, 0.15) is 46.0 Å². The van der Waals surface area contributed by atoms with E-state index in [0.29, 0.717) is 0 Å². The minimum absolute atomic E-state index is 0. The van der Waals surface area contributed by atoms with Crippen LogP contribution in [0.3, 0.4) is 0 Å². The molecule has 0 N–H and O–H groups in total. The van der Waals surface area contributed by atoms with Crippen molar-refractivity contribution in [2.75, 3.05) is 0 Å². The van der Waals surface area contributed by atoms with E-state index in [0.717, 1.165) is 12.3 Å². The zero-order chi connectivity index (χ0) is 7.11. The van der Waals surface area contributed by atoms with Gasteiger partial charge in [0, 0.05) is 0 Å². The van der Waals surface area contributed by atoms with Crippen LogP contribution in [0.25, 0.3) is 0 Å². The summed E-state index contributed by atoms with van der Waals surface area (Å²) in [5.74, 6) is 0.884. The third-order valence-corrected chi connectivity index (χ3v) is 1.53. The summed E-state index contributed by atoms with van der Waals surface area (Å²) in [5.41, 5.74) is 0. The molecule has 0 saturated carbocycles. The molecular weight excluding hydrogens is 212 g/mol. The average molecular weight is 231 g/mol. The SMILES string of the molecule is [Br-].[CH2-]CCCCCC(C)C.[Mg+2]. The smallest absolute Gasteiger partial charge is 1.00 e. The Hall–Kier alpha value is 1.25. The van der Waals surface area contributed by atoms with E-state index in [-0.39, 0.29) is 40.0 Å². The van der Waals surface area contributed by atoms with Crippen LogP contribution in [0.15, 0.2) is 0 Å². The zero-order valence-corrected chi connectivity index (χ0v) is 10.9. The van der Waals surface area contributed by atoms with Crippen LogP contribution < -0.4 is 17.0 Å². The molecule has 0 atom stereocenters. The molecule has 64 valence electrons. The molecule has 0 amide bonds. The van der Waals surface area contributed by atoms with Gasteiger partial charge in [-0.15, -0.1) is 0 Å². The molecule has 0 nitrogen and oxygen atoms in total. The summed E-state index contributed by atoms with van der Waals surface area (Å²) in [6.45, 7) is 8.37. The van der Waals surface area contributed by atoms with E-state index < -0.39 is 0 Å². The molecule has 0 aromatic heterocycles. The Morgan fingerprint density at radius 3 is 2.00 bits per heavy atom. The molecule has 11 heavy (non-hydrogen) atoms. The summed E-state index contributed by atoms with van der Waals surface area (Å²) in [6, 6.07) is 0. The van der Waals surface area contributed by atoms with Gasteiger partial charge in [-0.2, -0.15) is 6.42 Å². The average Bonchev–Trinajstić information content (AvgIpc) is 1.80. The van der Waals surface area contributed by atoms with Crippen molar-refractivity contribution in [3.8, 4) is 0 Å². The summed E-state index contributed by atoms with van der Waals surface area (Å²) >= 11 is 0. The van der Waals surface area contributed by atoms with E-state index in [1.54, 1.807) is 0 Å². The van der Waals surface area contributed by atoms with Crippen LogP contribution in [0.4, 0.5) is 0 Å². The Bertz CT molecular complexity index is 55.5. The van der Waals surface area contributed by atoms with Crippen molar-refractivity contribution in [2.24, 2.45) is 5.92 Å². The maximum absolute atomic E-state index is 3.80. The van der Waals surface area contributed by atoms with Crippen LogP contribution in [0, 0.1) is 12.8 Å². The Kier molecular flexibility index (Phi) is 22.7. The molecule has 0 fully saturated rings. The Balaban J connectivity index is -0.000000320. The predicted octanol–water partition coefficient (Wildman–Crippen LogP) is 0.0502. The first-order valence-corrected chi connectivity index (χ1v) is 4.06. The van der Waals surface area contributed by atoms with Crippen LogP contribution in [-0.2, 0) is 0 Å². The first-order valence-electron chi connectivity index (χ1n) is 4.06. The van der Waals surface area contributed by atoms with Gasteiger partial charge in [0.1, 0.15) is 0 Å². The van der Waals surface area contributed by atoms with Crippen molar-refractivity contribution in [2.45, 2.75) is 46.0 Å². The van der Waals surface area contributed by atoms with Crippen molar-refractivity contribution in [3.05, 3.63) is 6.92 Å². The summed E-state index contributed by atoms with van der Waals surface area (Å²) in [5, 5.41) is 0. The van der Waals surface area contributed by atoms with Gasteiger partial charge in [-0.1, -0.05) is 39.5 Å². The fourth-order valence-corrected chi connectivity index (χ4v) is 0.906. The molecule has 0 saturated heterocycles. The van der Waals surface area contributed by atoms with E-state index >= 15 is 0 Å². The van der Waals surface area contributed by atoms with Gasteiger partial charge < -0.3 is 23.9 Å². The van der Waals surface area contributed by atoms with Gasteiger partial charge in [0.2, 0.25) is 0 Å². The number of hydrogen-bond acceptors (Lipinski definition) is 0. The van der Waals surface area contributed by atoms with Gasteiger partial charge in [0.05, 0.1) is 0 Å². The summed E-state index contributed by atoms with van der Waals surface area (Å²) < 4.78 is 0. The molecule has 0 unspecified atom stereocenters. The summed E-state index contributed by atoms with van der Waals surface area (Å²) in [7, 11) is 0. The molecule has 0 aromatic rings. The second-order valence-electron chi connectivity index (χ2n) is 3.10. The molecule has 0 bridgehead atoms. The molecule has 0 aliphatic carbocycles. The van der Waals surface area contributed by atoms with Crippen molar-refractivity contribution < 1.29 is 17.0 Å². The van der Waals surface area contributed by atoms with E-state index in [9.17, 15) is 0 Å². The van der Waals surface area contributed by atoms with Crippen molar-refractivity contribution in [3.63, 3.8) is 0 Å². The van der Waals surface area contributed by atoms with Gasteiger partial charge in [-0.3, -0.25) is 0 Å². The molecule has 0 aliphatic heterocycles. The van der Waals surface area contributed by atoms with Gasteiger partial charge in [0.15, 0.2) is 0 Å². The molecule has 2 heteroatoms. The second-order valence-corrected chi connectivity index (χ2v) is 3.10. The maximum Gasteiger partial charge on any atom is 2.00 e. The van der Waals surface area contributed by atoms with Crippen molar-refractivity contribution >= 4 is 23.1 Å². The van der Waals surface area contributed by atoms with Crippen molar-refractivity contribution in [1.82, 2.24) is 0 Å². The van der Waals surface area contributed by atoms with E-state index in [4.69, 9.17) is 0 Å². The van der Waals surface area contributed by atoms with E-state index in [1.807, 2.05) is 0 Å². The molecule has 0 rings (SSSR count). The van der Waals surface area contributed by atoms with Gasteiger partial charge in [-0.05, 0) is 5.92 Å². The van der Waals surface area contributed by atoms with Crippen LogP contribution >= 0.6 is 0 Å². The largest absolute Gasteiger partial charge is 2.00 e. The molecule has 0 aliphatic rings. The third-order valence-electron chi connectivity index (χ3n) is 1.53. The van der Waals surface area contributed by atoms with Gasteiger partial charge in [0.25, 0.3) is 0 Å². The number of hydrogen-bond donors (Lipinski definition) is 0. The predicted molar refractivity (Wildman–Crippen MR) is 49.0 cm³/mol. The standard InChI is InChI=1S/C9H19.BrH.Mg/c1-4-5-6-7-8-9(2)3;;/h9H,1,4-8H2,2-3H3;1H;/q-1;;+2/p-1. The van der Waals surface area contributed by atoms with Crippen LogP contribution in [-0.4, -0.2) is 23.1 Å². The first kappa shape index (κ1) is 18.1. The Morgan fingerprint density at radius 1 is 1.09 bits per heavy atom. The van der Waals surface area contributed by atoms with Gasteiger partial charge in [-0.25, -0.2) is 0 Å². The van der Waals surface area contributed by atoms with Crippen molar-refractivity contribution in [1.29, 1.82) is 0 Å². The van der Waals surface area contributed by atoms with E-state index in [2.05, 4.69) is 20.8 Å². The first-order chi connectivity index (χ1) is 4.27. The topological polar surface area (TPSA) is 0 Å². The summed E-state index contributed by atoms with van der Waals surface area (Å²) in [6.07, 6.45) is 6.58. The minimum Gasteiger partial charge on any atom is -1.00 e. The third kappa shape index (κ3) is 18.3. The fraction of sp³-hybridized carbons (Fsp3) is 0.889. The quantitative estimate of drug-likeness (QED) is 0.356. The Labute approximate surface area is 98.4 Å². The van der Waals surface area contributed by atoms with E-state index in [1.165, 1.54) is 25.7 Å². The molecule has 0 aromatic carbocycles. The Morgan fingerprint density at radius 2 is 1.64 bits per heavy atom. The number of halogens is 1. The monoisotopic (exact) mass is 230 g/mol. The summed E-state index contributed by atoms with van der Waals surface area (Å²) in [4.78, 5) is 0. The van der Waals surface area contributed by atoms with Gasteiger partial charge >= 0.3 is 23.1 Å². The minimum atomic E-state index is 0. The molecular formula is C9H19BrMg. The molecule has 0 spiro atoms. The molecule has 0 radical (unpaired) electrons. The number of rotatable bonds is 5.